The Morgan fingerprint density at radius 1 is 1.39 bits per heavy atom. The van der Waals surface area contributed by atoms with Crippen molar-refractivity contribution in [2.45, 2.75) is 13.3 Å². The molecule has 4 heteroatoms. The van der Waals surface area contributed by atoms with Gasteiger partial charge in [0.05, 0.1) is 11.3 Å². The van der Waals surface area contributed by atoms with Crippen molar-refractivity contribution in [3.05, 3.63) is 47.3 Å². The van der Waals surface area contributed by atoms with Gasteiger partial charge in [0.1, 0.15) is 6.07 Å². The van der Waals surface area contributed by atoms with Crippen LogP contribution in [-0.4, -0.2) is 16.3 Å². The molecule has 92 valence electrons. The molecular weight excluding hydrogens is 224 g/mol. The molecular formula is C14H16N4. The molecule has 0 saturated heterocycles. The van der Waals surface area contributed by atoms with Crippen molar-refractivity contribution in [1.29, 1.82) is 5.26 Å². The lowest BCUT2D eigenvalue weighted by Crippen LogP contribution is -2.09. The zero-order valence-corrected chi connectivity index (χ0v) is 10.6. The summed E-state index contributed by atoms with van der Waals surface area (Å²) in [5.41, 5.74) is 3.80. The molecule has 0 bridgehead atoms. The second-order valence-corrected chi connectivity index (χ2v) is 4.23. The average molecular weight is 240 g/mol. The molecule has 1 aromatic carbocycles. The number of nitriles is 1. The summed E-state index contributed by atoms with van der Waals surface area (Å²) in [6.07, 6.45) is 2.68. The zero-order chi connectivity index (χ0) is 13.0. The number of hydrogen-bond donors (Lipinski definition) is 1. The van der Waals surface area contributed by atoms with E-state index >= 15 is 0 Å². The van der Waals surface area contributed by atoms with Crippen LogP contribution in [0.25, 0.3) is 0 Å². The number of aryl methyl sites for hydroxylation is 2. The van der Waals surface area contributed by atoms with Gasteiger partial charge in [-0.05, 0) is 24.6 Å². The highest BCUT2D eigenvalue weighted by Gasteiger charge is 2.04. The van der Waals surface area contributed by atoms with Gasteiger partial charge >= 0.3 is 0 Å². The molecule has 0 saturated carbocycles. The minimum Gasteiger partial charge on any atom is -0.384 e. The molecule has 1 heterocycles. The van der Waals surface area contributed by atoms with Gasteiger partial charge in [-0.25, -0.2) is 0 Å². The maximum atomic E-state index is 9.12. The van der Waals surface area contributed by atoms with E-state index in [0.717, 1.165) is 29.8 Å². The quantitative estimate of drug-likeness (QED) is 0.891. The highest BCUT2D eigenvalue weighted by Crippen LogP contribution is 2.18. The normalized spacial score (nSPS) is 10.1. The van der Waals surface area contributed by atoms with Crippen LogP contribution in [0.15, 0.2) is 30.5 Å². The lowest BCUT2D eigenvalue weighted by molar-refractivity contribution is 0.711. The molecule has 0 atom stereocenters. The van der Waals surface area contributed by atoms with Gasteiger partial charge in [0.15, 0.2) is 0 Å². The molecule has 0 aliphatic rings. The summed E-state index contributed by atoms with van der Waals surface area (Å²) in [6.45, 7) is 2.74. The molecule has 2 aromatic rings. The van der Waals surface area contributed by atoms with Crippen LogP contribution in [-0.2, 0) is 13.5 Å². The predicted octanol–water partition coefficient (Wildman–Crippen LogP) is 2.25. The number of benzene rings is 1. The first-order chi connectivity index (χ1) is 8.72. The maximum absolute atomic E-state index is 9.12. The zero-order valence-electron chi connectivity index (χ0n) is 10.6. The van der Waals surface area contributed by atoms with Crippen LogP contribution >= 0.6 is 0 Å². The van der Waals surface area contributed by atoms with Gasteiger partial charge in [-0.2, -0.15) is 10.4 Å². The van der Waals surface area contributed by atoms with Crippen molar-refractivity contribution in [3.8, 4) is 6.07 Å². The Bertz CT molecular complexity index is 578. The third-order valence-corrected chi connectivity index (χ3v) is 3.00. The number of anilines is 1. The van der Waals surface area contributed by atoms with E-state index in [9.17, 15) is 0 Å². The summed E-state index contributed by atoms with van der Waals surface area (Å²) in [6, 6.07) is 10.1. The summed E-state index contributed by atoms with van der Waals surface area (Å²) in [4.78, 5) is 0. The summed E-state index contributed by atoms with van der Waals surface area (Å²) >= 11 is 0. The number of aromatic nitrogens is 2. The molecule has 18 heavy (non-hydrogen) atoms. The third kappa shape index (κ3) is 2.51. The van der Waals surface area contributed by atoms with Crippen LogP contribution in [0.5, 0.6) is 0 Å². The minimum atomic E-state index is 0.725. The van der Waals surface area contributed by atoms with Crippen LogP contribution in [0.4, 0.5) is 5.69 Å². The highest BCUT2D eigenvalue weighted by atomic mass is 15.3. The predicted molar refractivity (Wildman–Crippen MR) is 71.3 cm³/mol. The lowest BCUT2D eigenvalue weighted by atomic mass is 10.1. The van der Waals surface area contributed by atoms with Gasteiger partial charge in [-0.1, -0.05) is 12.1 Å². The van der Waals surface area contributed by atoms with E-state index in [-0.39, 0.29) is 0 Å². The number of rotatable bonds is 4. The van der Waals surface area contributed by atoms with E-state index in [2.05, 4.69) is 16.5 Å². The van der Waals surface area contributed by atoms with E-state index in [1.54, 1.807) is 6.20 Å². The van der Waals surface area contributed by atoms with E-state index < -0.39 is 0 Å². The summed E-state index contributed by atoms with van der Waals surface area (Å²) in [5, 5.41) is 16.6. The number of nitrogens with zero attached hydrogens (tertiary/aromatic N) is 3. The standard InChI is InChI=1S/C14H16N4/c1-11-4-3-5-14(13(11)10-15)16-8-6-12-7-9-17-18(12)2/h3-5,7,9,16H,6,8H2,1-2H3. The SMILES string of the molecule is Cc1cccc(NCCc2ccnn2C)c1C#N. The maximum Gasteiger partial charge on any atom is 0.102 e. The van der Waals surface area contributed by atoms with Crippen molar-refractivity contribution >= 4 is 5.69 Å². The molecule has 0 spiro atoms. The highest BCUT2D eigenvalue weighted by molar-refractivity contribution is 5.60. The van der Waals surface area contributed by atoms with Crippen molar-refractivity contribution in [2.75, 3.05) is 11.9 Å². The largest absolute Gasteiger partial charge is 0.384 e. The van der Waals surface area contributed by atoms with Crippen molar-refractivity contribution < 1.29 is 0 Å². The number of hydrogen-bond acceptors (Lipinski definition) is 3. The Balaban J connectivity index is 2.01. The van der Waals surface area contributed by atoms with E-state index in [1.807, 2.05) is 42.9 Å². The second-order valence-electron chi connectivity index (χ2n) is 4.23. The van der Waals surface area contributed by atoms with Gasteiger partial charge < -0.3 is 5.32 Å². The average Bonchev–Trinajstić information content (AvgIpc) is 2.75. The first-order valence-corrected chi connectivity index (χ1v) is 5.93. The Kier molecular flexibility index (Phi) is 3.63. The van der Waals surface area contributed by atoms with Crippen LogP contribution in [0.1, 0.15) is 16.8 Å². The topological polar surface area (TPSA) is 53.6 Å². The smallest absolute Gasteiger partial charge is 0.102 e. The molecule has 0 fully saturated rings. The summed E-state index contributed by atoms with van der Waals surface area (Å²) in [5.74, 6) is 0. The fourth-order valence-electron chi connectivity index (χ4n) is 1.94. The Morgan fingerprint density at radius 3 is 2.89 bits per heavy atom. The Hall–Kier alpha value is -2.28. The van der Waals surface area contributed by atoms with Gasteiger partial charge in [0, 0.05) is 31.9 Å². The van der Waals surface area contributed by atoms with Crippen LogP contribution in [0.2, 0.25) is 0 Å². The fourth-order valence-corrected chi connectivity index (χ4v) is 1.94. The molecule has 0 aliphatic carbocycles. The van der Waals surface area contributed by atoms with Crippen LogP contribution in [0.3, 0.4) is 0 Å². The van der Waals surface area contributed by atoms with Crippen molar-refractivity contribution in [1.82, 2.24) is 9.78 Å². The van der Waals surface area contributed by atoms with E-state index in [4.69, 9.17) is 5.26 Å². The van der Waals surface area contributed by atoms with Crippen molar-refractivity contribution in [3.63, 3.8) is 0 Å². The van der Waals surface area contributed by atoms with Crippen molar-refractivity contribution in [2.24, 2.45) is 7.05 Å². The molecule has 1 aromatic heterocycles. The Morgan fingerprint density at radius 2 is 2.22 bits per heavy atom. The number of nitrogens with one attached hydrogen (secondary N) is 1. The van der Waals surface area contributed by atoms with Gasteiger partial charge in [0.2, 0.25) is 0 Å². The minimum absolute atomic E-state index is 0.725. The van der Waals surface area contributed by atoms with E-state index in [0.29, 0.717) is 0 Å². The molecule has 1 N–H and O–H groups in total. The third-order valence-electron chi connectivity index (χ3n) is 3.00. The second kappa shape index (κ2) is 5.37. The monoisotopic (exact) mass is 240 g/mol. The van der Waals surface area contributed by atoms with Crippen LogP contribution < -0.4 is 5.32 Å². The van der Waals surface area contributed by atoms with Gasteiger partial charge in [0.25, 0.3) is 0 Å². The Labute approximate surface area is 107 Å². The first kappa shape index (κ1) is 12.2. The van der Waals surface area contributed by atoms with E-state index in [1.165, 1.54) is 5.69 Å². The molecule has 0 amide bonds. The summed E-state index contributed by atoms with van der Waals surface area (Å²) < 4.78 is 1.86. The van der Waals surface area contributed by atoms with Crippen LogP contribution in [0, 0.1) is 18.3 Å². The molecule has 0 radical (unpaired) electrons. The molecule has 2 rings (SSSR count). The van der Waals surface area contributed by atoms with Gasteiger partial charge in [-0.3, -0.25) is 4.68 Å². The summed E-state index contributed by atoms with van der Waals surface area (Å²) in [7, 11) is 1.93. The fraction of sp³-hybridized carbons (Fsp3) is 0.286. The van der Waals surface area contributed by atoms with Gasteiger partial charge in [-0.15, -0.1) is 0 Å². The first-order valence-electron chi connectivity index (χ1n) is 5.93. The molecule has 0 aliphatic heterocycles. The molecule has 0 unspecified atom stereocenters. The lowest BCUT2D eigenvalue weighted by Gasteiger charge is -2.09. The molecule has 4 nitrogen and oxygen atoms in total.